The number of nitrogens with two attached hydrogens (primary N) is 1. The van der Waals surface area contributed by atoms with Crippen molar-refractivity contribution in [3.8, 4) is 0 Å². The number of amides is 3. The van der Waals surface area contributed by atoms with Gasteiger partial charge in [-0.15, -0.1) is 0 Å². The van der Waals surface area contributed by atoms with Gasteiger partial charge in [0.25, 0.3) is 0 Å². The number of carbonyl (C=O) groups excluding carboxylic acids is 2. The zero-order valence-electron chi connectivity index (χ0n) is 12.1. The summed E-state index contributed by atoms with van der Waals surface area (Å²) >= 11 is 0. The minimum Gasteiger partial charge on any atom is -0.478 e. The molecule has 0 aliphatic carbocycles. The number of hydrogen-bond donors (Lipinski definition) is 4. The monoisotopic (exact) mass is 293 g/mol. The third-order valence-electron chi connectivity index (χ3n) is 2.98. The maximum absolute atomic E-state index is 12.2. The van der Waals surface area contributed by atoms with Gasteiger partial charge in [-0.2, -0.15) is 0 Å². The molecular weight excluding hydrogens is 274 g/mol. The van der Waals surface area contributed by atoms with Crippen LogP contribution in [-0.2, 0) is 4.79 Å². The molecule has 0 fully saturated rings. The summed E-state index contributed by atoms with van der Waals surface area (Å²) in [6, 6.07) is 2.83. The van der Waals surface area contributed by atoms with Crippen LogP contribution >= 0.6 is 0 Å². The van der Waals surface area contributed by atoms with E-state index in [2.05, 4.69) is 10.6 Å². The molecule has 0 saturated carbocycles. The molecule has 3 amide bonds. The number of benzene rings is 1. The van der Waals surface area contributed by atoms with Crippen molar-refractivity contribution < 1.29 is 19.5 Å². The van der Waals surface area contributed by atoms with Crippen LogP contribution in [-0.4, -0.2) is 29.1 Å². The van der Waals surface area contributed by atoms with E-state index in [1.165, 1.54) is 18.2 Å². The number of hydrogen-bond acceptors (Lipinski definition) is 3. The van der Waals surface area contributed by atoms with Gasteiger partial charge in [-0.25, -0.2) is 9.59 Å². The maximum atomic E-state index is 12.2. The van der Waals surface area contributed by atoms with Crippen molar-refractivity contribution in [2.45, 2.75) is 26.8 Å². The summed E-state index contributed by atoms with van der Waals surface area (Å²) in [5, 5.41) is 13.9. The Labute approximate surface area is 122 Å². The van der Waals surface area contributed by atoms with E-state index in [-0.39, 0.29) is 11.5 Å². The van der Waals surface area contributed by atoms with Gasteiger partial charge in [0, 0.05) is 5.69 Å². The number of rotatable bonds is 5. The number of anilines is 1. The first-order valence-electron chi connectivity index (χ1n) is 6.43. The highest BCUT2D eigenvalue weighted by Gasteiger charge is 2.23. The lowest BCUT2D eigenvalue weighted by Gasteiger charge is -2.21. The summed E-state index contributed by atoms with van der Waals surface area (Å²) in [4.78, 5) is 33.9. The maximum Gasteiger partial charge on any atom is 0.335 e. The molecule has 1 aromatic carbocycles. The average molecular weight is 293 g/mol. The molecular formula is C14H19N3O4. The largest absolute Gasteiger partial charge is 0.478 e. The Hall–Kier alpha value is -2.57. The molecule has 0 aliphatic heterocycles. The number of carbonyl (C=O) groups is 3. The molecule has 7 nitrogen and oxygen atoms in total. The van der Waals surface area contributed by atoms with E-state index in [1.54, 1.807) is 20.8 Å². The van der Waals surface area contributed by atoms with Crippen LogP contribution in [0.5, 0.6) is 0 Å². The second-order valence-corrected chi connectivity index (χ2v) is 5.05. The highest BCUT2D eigenvalue weighted by Crippen LogP contribution is 2.17. The fourth-order valence-electron chi connectivity index (χ4n) is 1.84. The summed E-state index contributed by atoms with van der Waals surface area (Å²) in [5.41, 5.74) is 6.29. The fourth-order valence-corrected chi connectivity index (χ4v) is 1.84. The second kappa shape index (κ2) is 6.74. The van der Waals surface area contributed by atoms with Crippen molar-refractivity contribution in [1.29, 1.82) is 0 Å². The lowest BCUT2D eigenvalue weighted by atomic mass is 10.0. The van der Waals surface area contributed by atoms with Crippen LogP contribution in [0.4, 0.5) is 10.5 Å². The molecule has 0 bridgehead atoms. The molecule has 1 aromatic rings. The van der Waals surface area contributed by atoms with Gasteiger partial charge in [0.15, 0.2) is 0 Å². The molecule has 0 heterocycles. The van der Waals surface area contributed by atoms with Gasteiger partial charge in [0.05, 0.1) is 5.56 Å². The molecule has 0 aliphatic rings. The van der Waals surface area contributed by atoms with E-state index in [1.807, 2.05) is 0 Å². The first kappa shape index (κ1) is 16.5. The van der Waals surface area contributed by atoms with E-state index >= 15 is 0 Å². The lowest BCUT2D eigenvalue weighted by molar-refractivity contribution is -0.118. The highest BCUT2D eigenvalue weighted by atomic mass is 16.4. The van der Waals surface area contributed by atoms with Crippen LogP contribution in [0.3, 0.4) is 0 Å². The molecule has 0 aromatic heterocycles. The first-order chi connectivity index (χ1) is 9.72. The number of urea groups is 1. The minimum atomic E-state index is -1.04. The number of aryl methyl sites for hydroxylation is 1. The minimum absolute atomic E-state index is 0.140. The van der Waals surface area contributed by atoms with Crippen LogP contribution in [0, 0.1) is 12.8 Å². The number of nitrogens with one attached hydrogen (secondary N) is 2. The summed E-state index contributed by atoms with van der Waals surface area (Å²) < 4.78 is 0. The summed E-state index contributed by atoms with van der Waals surface area (Å²) in [6.07, 6.45) is 0. The number of carboxylic acid groups (broad SMARTS) is 1. The Morgan fingerprint density at radius 3 is 2.29 bits per heavy atom. The second-order valence-electron chi connectivity index (χ2n) is 5.05. The highest BCUT2D eigenvalue weighted by molar-refractivity contribution is 5.98. The zero-order chi connectivity index (χ0) is 16.2. The lowest BCUT2D eigenvalue weighted by Crippen LogP contribution is -2.49. The van der Waals surface area contributed by atoms with Crippen molar-refractivity contribution in [1.82, 2.24) is 5.32 Å². The predicted octanol–water partition coefficient (Wildman–Crippen LogP) is 1.32. The molecule has 1 unspecified atom stereocenters. The fraction of sp³-hybridized carbons (Fsp3) is 0.357. The molecule has 21 heavy (non-hydrogen) atoms. The standard InChI is InChI=1S/C14H19N3O4/c1-7(2)11(17-14(15)21)12(18)16-10-5-4-9(13(19)20)6-8(10)3/h4-7,11H,1-3H3,(H,16,18)(H,19,20)(H3,15,17,21). The van der Waals surface area contributed by atoms with Crippen molar-refractivity contribution in [2.75, 3.05) is 5.32 Å². The number of primary amides is 1. The van der Waals surface area contributed by atoms with Crippen LogP contribution in [0.15, 0.2) is 18.2 Å². The van der Waals surface area contributed by atoms with E-state index in [9.17, 15) is 14.4 Å². The molecule has 1 rings (SSSR count). The molecule has 0 spiro atoms. The van der Waals surface area contributed by atoms with Crippen LogP contribution in [0.1, 0.15) is 29.8 Å². The Morgan fingerprint density at radius 2 is 1.86 bits per heavy atom. The average Bonchev–Trinajstić information content (AvgIpc) is 2.37. The van der Waals surface area contributed by atoms with E-state index in [0.717, 1.165) is 0 Å². The van der Waals surface area contributed by atoms with Crippen molar-refractivity contribution in [3.63, 3.8) is 0 Å². The zero-order valence-corrected chi connectivity index (χ0v) is 12.1. The van der Waals surface area contributed by atoms with Gasteiger partial charge in [-0.3, -0.25) is 4.79 Å². The molecule has 1 atom stereocenters. The van der Waals surface area contributed by atoms with Gasteiger partial charge in [0.1, 0.15) is 6.04 Å². The summed E-state index contributed by atoms with van der Waals surface area (Å²) in [7, 11) is 0. The smallest absolute Gasteiger partial charge is 0.335 e. The van der Waals surface area contributed by atoms with Crippen molar-refractivity contribution >= 4 is 23.6 Å². The van der Waals surface area contributed by atoms with Gasteiger partial charge >= 0.3 is 12.0 Å². The Balaban J connectivity index is 2.91. The van der Waals surface area contributed by atoms with Gasteiger partial charge in [-0.05, 0) is 36.6 Å². The van der Waals surface area contributed by atoms with E-state index in [4.69, 9.17) is 10.8 Å². The molecule has 7 heteroatoms. The topological polar surface area (TPSA) is 122 Å². The van der Waals surface area contributed by atoms with E-state index < -0.39 is 23.9 Å². The summed E-state index contributed by atoms with van der Waals surface area (Å²) in [6.45, 7) is 5.25. The predicted molar refractivity (Wildman–Crippen MR) is 78.1 cm³/mol. The third kappa shape index (κ3) is 4.48. The van der Waals surface area contributed by atoms with Gasteiger partial charge in [-0.1, -0.05) is 13.8 Å². The Kier molecular flexibility index (Phi) is 5.29. The first-order valence-corrected chi connectivity index (χ1v) is 6.43. The molecule has 0 radical (unpaired) electrons. The van der Waals surface area contributed by atoms with Crippen molar-refractivity contribution in [2.24, 2.45) is 11.7 Å². The molecule has 0 saturated heterocycles. The van der Waals surface area contributed by atoms with Gasteiger partial charge < -0.3 is 21.5 Å². The Morgan fingerprint density at radius 1 is 1.24 bits per heavy atom. The third-order valence-corrected chi connectivity index (χ3v) is 2.98. The quantitative estimate of drug-likeness (QED) is 0.654. The summed E-state index contributed by atoms with van der Waals surface area (Å²) in [5.74, 6) is -1.59. The van der Waals surface area contributed by atoms with E-state index in [0.29, 0.717) is 11.3 Å². The van der Waals surface area contributed by atoms with Crippen molar-refractivity contribution in [3.05, 3.63) is 29.3 Å². The van der Waals surface area contributed by atoms with Crippen LogP contribution in [0.2, 0.25) is 0 Å². The molecule has 5 N–H and O–H groups in total. The van der Waals surface area contributed by atoms with Crippen LogP contribution in [0.25, 0.3) is 0 Å². The Bertz CT molecular complexity index is 569. The normalized spacial score (nSPS) is 11.8. The molecule has 114 valence electrons. The number of carboxylic acids is 1. The van der Waals surface area contributed by atoms with Gasteiger partial charge in [0.2, 0.25) is 5.91 Å². The van der Waals surface area contributed by atoms with Crippen LogP contribution < -0.4 is 16.4 Å². The SMILES string of the molecule is Cc1cc(C(=O)O)ccc1NC(=O)C(NC(N)=O)C(C)C. The number of aromatic carboxylic acids is 1.